The smallest absolute Gasteiger partial charge is 0.408 e. The Labute approximate surface area is 121 Å². The van der Waals surface area contributed by atoms with Crippen molar-refractivity contribution in [1.29, 1.82) is 0 Å². The summed E-state index contributed by atoms with van der Waals surface area (Å²) in [5, 5.41) is 11.5. The highest BCUT2D eigenvalue weighted by atomic mass is 16.4. The normalized spacial score (nSPS) is 12.0. The fraction of sp³-hybridized carbons (Fsp3) is 0.357. The molecule has 7 heteroatoms. The molecule has 0 atom stereocenters. The van der Waals surface area contributed by atoms with Gasteiger partial charge >= 0.3 is 5.76 Å². The Hall–Kier alpha value is -2.57. The summed E-state index contributed by atoms with van der Waals surface area (Å²) in [5.41, 5.74) is 2.86. The van der Waals surface area contributed by atoms with Gasteiger partial charge in [-0.3, -0.25) is 4.98 Å². The Balaban J connectivity index is 1.74. The van der Waals surface area contributed by atoms with Crippen molar-refractivity contribution in [3.05, 3.63) is 40.6 Å². The molecule has 0 bridgehead atoms. The van der Waals surface area contributed by atoms with Crippen LogP contribution in [0.15, 0.2) is 33.6 Å². The number of nitrogens with zero attached hydrogens (tertiary/aromatic N) is 3. The van der Waals surface area contributed by atoms with Crippen LogP contribution in [0.2, 0.25) is 0 Å². The SMILES string of the molecule is CC(C)(C)n1cc(CNc2ccc3oc(=O)[nH]c3c2)nn1. The molecule has 0 aliphatic carbocycles. The van der Waals surface area contributed by atoms with Gasteiger partial charge in [0.25, 0.3) is 0 Å². The Bertz CT molecular complexity index is 822. The van der Waals surface area contributed by atoms with E-state index in [-0.39, 0.29) is 5.54 Å². The van der Waals surface area contributed by atoms with Crippen LogP contribution < -0.4 is 11.1 Å². The monoisotopic (exact) mass is 287 g/mol. The zero-order valence-electron chi connectivity index (χ0n) is 12.2. The summed E-state index contributed by atoms with van der Waals surface area (Å²) in [6.07, 6.45) is 1.92. The first kappa shape index (κ1) is 13.4. The lowest BCUT2D eigenvalue weighted by molar-refractivity contribution is 0.347. The quantitative estimate of drug-likeness (QED) is 0.770. The molecule has 21 heavy (non-hydrogen) atoms. The maximum Gasteiger partial charge on any atom is 0.417 e. The molecule has 3 aromatic rings. The summed E-state index contributed by atoms with van der Waals surface area (Å²) < 4.78 is 6.80. The van der Waals surface area contributed by atoms with Crippen LogP contribution in [0, 0.1) is 0 Å². The van der Waals surface area contributed by atoms with E-state index in [1.165, 1.54) is 0 Å². The molecule has 0 fully saturated rings. The van der Waals surface area contributed by atoms with Crippen molar-refractivity contribution in [1.82, 2.24) is 20.0 Å². The van der Waals surface area contributed by atoms with Gasteiger partial charge in [0.05, 0.1) is 23.8 Å². The molecule has 110 valence electrons. The Morgan fingerprint density at radius 2 is 2.19 bits per heavy atom. The fourth-order valence-corrected chi connectivity index (χ4v) is 1.96. The van der Waals surface area contributed by atoms with E-state index in [2.05, 4.69) is 41.4 Å². The van der Waals surface area contributed by atoms with Crippen LogP contribution in [0.25, 0.3) is 11.1 Å². The maximum atomic E-state index is 11.1. The molecule has 0 spiro atoms. The molecule has 0 amide bonds. The molecule has 2 N–H and O–H groups in total. The molecule has 2 aromatic heterocycles. The third-order valence-corrected chi connectivity index (χ3v) is 3.12. The minimum absolute atomic E-state index is 0.0829. The molecular weight excluding hydrogens is 270 g/mol. The molecule has 1 aromatic carbocycles. The first-order valence-electron chi connectivity index (χ1n) is 6.70. The number of anilines is 1. The van der Waals surface area contributed by atoms with E-state index in [1.807, 2.05) is 23.0 Å². The minimum Gasteiger partial charge on any atom is -0.408 e. The molecule has 0 aliphatic rings. The number of nitrogens with one attached hydrogen (secondary N) is 2. The topological polar surface area (TPSA) is 88.7 Å². The van der Waals surface area contributed by atoms with Crippen LogP contribution in [0.1, 0.15) is 26.5 Å². The van der Waals surface area contributed by atoms with Gasteiger partial charge in [-0.2, -0.15) is 0 Å². The first-order valence-corrected chi connectivity index (χ1v) is 6.70. The van der Waals surface area contributed by atoms with Crippen molar-refractivity contribution in [2.45, 2.75) is 32.9 Å². The number of rotatable bonds is 3. The average Bonchev–Trinajstić information content (AvgIpc) is 3.00. The number of hydrogen-bond acceptors (Lipinski definition) is 5. The van der Waals surface area contributed by atoms with Gasteiger partial charge < -0.3 is 9.73 Å². The van der Waals surface area contributed by atoms with Crippen molar-refractivity contribution in [3.8, 4) is 0 Å². The molecule has 0 unspecified atom stereocenters. The number of oxazole rings is 1. The lowest BCUT2D eigenvalue weighted by Gasteiger charge is -2.17. The lowest BCUT2D eigenvalue weighted by atomic mass is 10.1. The van der Waals surface area contributed by atoms with Crippen molar-refractivity contribution in [2.24, 2.45) is 0 Å². The second-order valence-electron chi connectivity index (χ2n) is 5.90. The van der Waals surface area contributed by atoms with Crippen molar-refractivity contribution >= 4 is 16.8 Å². The Morgan fingerprint density at radius 1 is 1.38 bits per heavy atom. The predicted molar refractivity (Wildman–Crippen MR) is 79.2 cm³/mol. The largest absolute Gasteiger partial charge is 0.417 e. The molecule has 7 nitrogen and oxygen atoms in total. The summed E-state index contributed by atoms with van der Waals surface area (Å²) >= 11 is 0. The van der Waals surface area contributed by atoms with E-state index in [1.54, 1.807) is 6.07 Å². The Morgan fingerprint density at radius 3 is 2.90 bits per heavy atom. The van der Waals surface area contributed by atoms with Crippen LogP contribution in [0.5, 0.6) is 0 Å². The molecule has 0 saturated heterocycles. The number of aromatic nitrogens is 4. The van der Waals surface area contributed by atoms with Crippen molar-refractivity contribution < 1.29 is 4.42 Å². The second kappa shape index (κ2) is 4.76. The van der Waals surface area contributed by atoms with Gasteiger partial charge in [-0.15, -0.1) is 5.10 Å². The summed E-state index contributed by atoms with van der Waals surface area (Å²) in [4.78, 5) is 13.7. The number of aromatic amines is 1. The number of H-pyrrole nitrogens is 1. The number of fused-ring (bicyclic) bond motifs is 1. The number of benzene rings is 1. The van der Waals surface area contributed by atoms with Gasteiger partial charge in [-0.1, -0.05) is 5.21 Å². The molecular formula is C14H17N5O2. The third kappa shape index (κ3) is 2.81. The third-order valence-electron chi connectivity index (χ3n) is 3.12. The average molecular weight is 287 g/mol. The fourth-order valence-electron chi connectivity index (χ4n) is 1.96. The summed E-state index contributed by atoms with van der Waals surface area (Å²) in [6.45, 7) is 6.77. The van der Waals surface area contributed by atoms with E-state index >= 15 is 0 Å². The van der Waals surface area contributed by atoms with Gasteiger partial charge in [-0.05, 0) is 39.0 Å². The molecule has 0 radical (unpaired) electrons. The van der Waals surface area contributed by atoms with Crippen molar-refractivity contribution in [2.75, 3.05) is 5.32 Å². The van der Waals surface area contributed by atoms with Crippen LogP contribution in [0.4, 0.5) is 5.69 Å². The van der Waals surface area contributed by atoms with Crippen LogP contribution in [-0.2, 0) is 12.1 Å². The van der Waals surface area contributed by atoms with Gasteiger partial charge in [0.15, 0.2) is 5.58 Å². The van der Waals surface area contributed by atoms with E-state index in [9.17, 15) is 4.79 Å². The second-order valence-corrected chi connectivity index (χ2v) is 5.90. The molecule has 3 rings (SSSR count). The number of hydrogen-bond donors (Lipinski definition) is 2. The maximum absolute atomic E-state index is 11.1. The van der Waals surface area contributed by atoms with Crippen LogP contribution in [-0.4, -0.2) is 20.0 Å². The van der Waals surface area contributed by atoms with E-state index in [4.69, 9.17) is 4.42 Å². The van der Waals surface area contributed by atoms with Crippen LogP contribution in [0.3, 0.4) is 0 Å². The van der Waals surface area contributed by atoms with Crippen LogP contribution >= 0.6 is 0 Å². The molecule has 0 aliphatic heterocycles. The molecule has 0 saturated carbocycles. The highest BCUT2D eigenvalue weighted by molar-refractivity contribution is 5.76. The van der Waals surface area contributed by atoms with E-state index in [0.29, 0.717) is 17.6 Å². The van der Waals surface area contributed by atoms with E-state index < -0.39 is 5.76 Å². The highest BCUT2D eigenvalue weighted by Gasteiger charge is 2.14. The zero-order chi connectivity index (χ0) is 15.0. The van der Waals surface area contributed by atoms with Gasteiger partial charge in [0.1, 0.15) is 5.69 Å². The zero-order valence-corrected chi connectivity index (χ0v) is 12.2. The van der Waals surface area contributed by atoms with E-state index in [0.717, 1.165) is 11.4 Å². The summed E-state index contributed by atoms with van der Waals surface area (Å²) in [7, 11) is 0. The standard InChI is InChI=1S/C14H17N5O2/c1-14(2,3)19-8-10(17-18-19)7-15-9-4-5-12-11(6-9)16-13(20)21-12/h4-6,8,15H,7H2,1-3H3,(H,16,20). The Kier molecular flexibility index (Phi) is 3.04. The summed E-state index contributed by atoms with van der Waals surface area (Å²) in [6, 6.07) is 5.43. The minimum atomic E-state index is -0.449. The van der Waals surface area contributed by atoms with Gasteiger partial charge in [0, 0.05) is 5.69 Å². The molecule has 2 heterocycles. The first-order chi connectivity index (χ1) is 9.91. The van der Waals surface area contributed by atoms with Gasteiger partial charge in [-0.25, -0.2) is 9.48 Å². The van der Waals surface area contributed by atoms with Crippen molar-refractivity contribution in [3.63, 3.8) is 0 Å². The summed E-state index contributed by atoms with van der Waals surface area (Å²) in [5.74, 6) is -0.449. The van der Waals surface area contributed by atoms with Gasteiger partial charge in [0.2, 0.25) is 0 Å². The predicted octanol–water partition coefficient (Wildman–Crippen LogP) is 2.08. The highest BCUT2D eigenvalue weighted by Crippen LogP contribution is 2.17. The lowest BCUT2D eigenvalue weighted by Crippen LogP contribution is -2.22.